The summed E-state index contributed by atoms with van der Waals surface area (Å²) in [4.78, 5) is 27.8. The first-order chi connectivity index (χ1) is 11.2. The number of carbonyl (C=O) groups excluding carboxylic acids is 2. The van der Waals surface area contributed by atoms with Crippen LogP contribution in [0.25, 0.3) is 0 Å². The van der Waals surface area contributed by atoms with E-state index in [1.54, 1.807) is 29.4 Å². The molecule has 1 fully saturated rings. The molecule has 1 aliphatic rings. The lowest BCUT2D eigenvalue weighted by Gasteiger charge is -2.33. The van der Waals surface area contributed by atoms with Crippen molar-refractivity contribution in [3.8, 4) is 0 Å². The molecule has 1 aliphatic heterocycles. The van der Waals surface area contributed by atoms with E-state index in [4.69, 9.17) is 8.83 Å². The van der Waals surface area contributed by atoms with Gasteiger partial charge in [0.2, 0.25) is 5.91 Å². The Balaban J connectivity index is 1.40. The predicted octanol–water partition coefficient (Wildman–Crippen LogP) is 0.947. The maximum atomic E-state index is 12.1. The fourth-order valence-electron chi connectivity index (χ4n) is 2.52. The van der Waals surface area contributed by atoms with E-state index in [2.05, 4.69) is 5.32 Å². The third kappa shape index (κ3) is 4.01. The van der Waals surface area contributed by atoms with Crippen LogP contribution in [0.4, 0.5) is 0 Å². The third-order valence-corrected chi connectivity index (χ3v) is 3.80. The van der Waals surface area contributed by atoms with Gasteiger partial charge in [-0.1, -0.05) is 0 Å². The van der Waals surface area contributed by atoms with Crippen LogP contribution in [-0.4, -0.2) is 54.3 Å². The summed E-state index contributed by atoms with van der Waals surface area (Å²) in [5, 5.41) is 2.82. The molecule has 0 saturated carbocycles. The van der Waals surface area contributed by atoms with Crippen LogP contribution in [0.1, 0.15) is 16.3 Å². The molecule has 2 amide bonds. The standard InChI is InChI=1S/C16H19N3O4/c20-15(17-11-13-3-1-9-22-13)12-18-5-7-19(8-6-18)16(21)14-4-2-10-23-14/h1-4,9-10H,5-8,11-12H2,(H,17,20). The minimum Gasteiger partial charge on any atom is -0.467 e. The zero-order valence-corrected chi connectivity index (χ0v) is 12.7. The molecule has 3 rings (SSSR count). The first-order valence-corrected chi connectivity index (χ1v) is 7.56. The highest BCUT2D eigenvalue weighted by atomic mass is 16.3. The molecule has 0 spiro atoms. The molecule has 0 atom stereocenters. The second kappa shape index (κ2) is 7.15. The van der Waals surface area contributed by atoms with Gasteiger partial charge in [0.25, 0.3) is 5.91 Å². The van der Waals surface area contributed by atoms with Gasteiger partial charge < -0.3 is 19.1 Å². The van der Waals surface area contributed by atoms with Gasteiger partial charge >= 0.3 is 0 Å². The lowest BCUT2D eigenvalue weighted by atomic mass is 10.3. The molecule has 23 heavy (non-hydrogen) atoms. The summed E-state index contributed by atoms with van der Waals surface area (Å²) in [7, 11) is 0. The molecule has 0 aliphatic carbocycles. The maximum absolute atomic E-state index is 12.1. The second-order valence-corrected chi connectivity index (χ2v) is 5.40. The van der Waals surface area contributed by atoms with Gasteiger partial charge in [0.1, 0.15) is 5.76 Å². The average molecular weight is 317 g/mol. The number of hydrogen-bond donors (Lipinski definition) is 1. The van der Waals surface area contributed by atoms with Crippen LogP contribution >= 0.6 is 0 Å². The molecule has 7 nitrogen and oxygen atoms in total. The van der Waals surface area contributed by atoms with Crippen molar-refractivity contribution in [3.63, 3.8) is 0 Å². The van der Waals surface area contributed by atoms with E-state index >= 15 is 0 Å². The first-order valence-electron chi connectivity index (χ1n) is 7.56. The minimum atomic E-state index is -0.100. The summed E-state index contributed by atoms with van der Waals surface area (Å²) < 4.78 is 10.3. The average Bonchev–Trinajstić information content (AvgIpc) is 3.26. The molecule has 3 heterocycles. The van der Waals surface area contributed by atoms with Gasteiger partial charge in [0.15, 0.2) is 5.76 Å². The smallest absolute Gasteiger partial charge is 0.289 e. The van der Waals surface area contributed by atoms with E-state index in [0.717, 1.165) is 5.76 Å². The predicted molar refractivity (Wildman–Crippen MR) is 81.6 cm³/mol. The van der Waals surface area contributed by atoms with Gasteiger partial charge in [-0.05, 0) is 24.3 Å². The van der Waals surface area contributed by atoms with E-state index < -0.39 is 0 Å². The lowest BCUT2D eigenvalue weighted by Crippen LogP contribution is -2.51. The molecule has 0 unspecified atom stereocenters. The van der Waals surface area contributed by atoms with E-state index in [1.165, 1.54) is 6.26 Å². The Bertz CT molecular complexity index is 628. The second-order valence-electron chi connectivity index (χ2n) is 5.40. The normalized spacial score (nSPS) is 15.6. The molecule has 0 aromatic carbocycles. The zero-order chi connectivity index (χ0) is 16.1. The summed E-state index contributed by atoms with van der Waals surface area (Å²) in [6.07, 6.45) is 3.07. The Kier molecular flexibility index (Phi) is 4.77. The van der Waals surface area contributed by atoms with Crippen LogP contribution in [0.2, 0.25) is 0 Å². The summed E-state index contributed by atoms with van der Waals surface area (Å²) >= 11 is 0. The topological polar surface area (TPSA) is 78.9 Å². The van der Waals surface area contributed by atoms with Crippen molar-refractivity contribution in [1.82, 2.24) is 15.1 Å². The SMILES string of the molecule is O=C(CN1CCN(C(=O)c2ccco2)CC1)NCc1ccco1. The van der Waals surface area contributed by atoms with Crippen molar-refractivity contribution in [2.24, 2.45) is 0 Å². The van der Waals surface area contributed by atoms with Gasteiger partial charge in [-0.2, -0.15) is 0 Å². The van der Waals surface area contributed by atoms with Crippen LogP contribution in [0.3, 0.4) is 0 Å². The summed E-state index contributed by atoms with van der Waals surface area (Å²) in [5.41, 5.74) is 0. The molecule has 2 aromatic rings. The number of furan rings is 2. The van der Waals surface area contributed by atoms with Crippen molar-refractivity contribution >= 4 is 11.8 Å². The molecule has 122 valence electrons. The van der Waals surface area contributed by atoms with Gasteiger partial charge in [0, 0.05) is 26.2 Å². The molecule has 1 N–H and O–H groups in total. The fraction of sp³-hybridized carbons (Fsp3) is 0.375. The molecule has 0 radical (unpaired) electrons. The fourth-order valence-corrected chi connectivity index (χ4v) is 2.52. The van der Waals surface area contributed by atoms with E-state index in [9.17, 15) is 9.59 Å². The van der Waals surface area contributed by atoms with Gasteiger partial charge in [-0.15, -0.1) is 0 Å². The molecule has 7 heteroatoms. The summed E-state index contributed by atoms with van der Waals surface area (Å²) in [5.74, 6) is 0.936. The van der Waals surface area contributed by atoms with Crippen molar-refractivity contribution in [1.29, 1.82) is 0 Å². The Morgan fingerprint density at radius 1 is 1.04 bits per heavy atom. The van der Waals surface area contributed by atoms with E-state index in [0.29, 0.717) is 45.0 Å². The Labute approximate surface area is 133 Å². The number of carbonyl (C=O) groups is 2. The van der Waals surface area contributed by atoms with Crippen LogP contribution in [0.5, 0.6) is 0 Å². The van der Waals surface area contributed by atoms with Crippen LogP contribution in [-0.2, 0) is 11.3 Å². The van der Waals surface area contributed by atoms with Crippen LogP contribution in [0.15, 0.2) is 45.6 Å². The molecule has 1 saturated heterocycles. The number of nitrogens with one attached hydrogen (secondary N) is 1. The highest BCUT2D eigenvalue weighted by Gasteiger charge is 2.24. The number of amides is 2. The first kappa shape index (κ1) is 15.4. The monoisotopic (exact) mass is 317 g/mol. The number of hydrogen-bond acceptors (Lipinski definition) is 5. The Morgan fingerprint density at radius 3 is 2.43 bits per heavy atom. The number of nitrogens with zero attached hydrogens (tertiary/aromatic N) is 2. The van der Waals surface area contributed by atoms with Gasteiger partial charge in [0.05, 0.1) is 25.6 Å². The molecule has 2 aromatic heterocycles. The lowest BCUT2D eigenvalue weighted by molar-refractivity contribution is -0.122. The zero-order valence-electron chi connectivity index (χ0n) is 12.7. The summed E-state index contributed by atoms with van der Waals surface area (Å²) in [6.45, 7) is 3.23. The van der Waals surface area contributed by atoms with Crippen molar-refractivity contribution < 1.29 is 18.4 Å². The quantitative estimate of drug-likeness (QED) is 0.888. The van der Waals surface area contributed by atoms with E-state index in [1.807, 2.05) is 11.0 Å². The van der Waals surface area contributed by atoms with E-state index in [-0.39, 0.29) is 11.8 Å². The van der Waals surface area contributed by atoms with Crippen molar-refractivity contribution in [2.45, 2.75) is 6.54 Å². The minimum absolute atomic E-state index is 0.0489. The van der Waals surface area contributed by atoms with Gasteiger partial charge in [-0.3, -0.25) is 14.5 Å². The highest BCUT2D eigenvalue weighted by Crippen LogP contribution is 2.09. The molecular formula is C16H19N3O4. The van der Waals surface area contributed by atoms with Crippen molar-refractivity contribution in [3.05, 3.63) is 48.3 Å². The largest absolute Gasteiger partial charge is 0.467 e. The molecular weight excluding hydrogens is 298 g/mol. The Hall–Kier alpha value is -2.54. The third-order valence-electron chi connectivity index (χ3n) is 3.80. The van der Waals surface area contributed by atoms with Crippen LogP contribution in [0, 0.1) is 0 Å². The van der Waals surface area contributed by atoms with Gasteiger partial charge in [-0.25, -0.2) is 0 Å². The number of piperazine rings is 1. The maximum Gasteiger partial charge on any atom is 0.289 e. The molecule has 0 bridgehead atoms. The van der Waals surface area contributed by atoms with Crippen LogP contribution < -0.4 is 5.32 Å². The van der Waals surface area contributed by atoms with Crippen molar-refractivity contribution in [2.75, 3.05) is 32.7 Å². The summed E-state index contributed by atoms with van der Waals surface area (Å²) in [6, 6.07) is 6.97. The Morgan fingerprint density at radius 2 is 1.78 bits per heavy atom. The number of rotatable bonds is 5. The highest BCUT2D eigenvalue weighted by molar-refractivity contribution is 5.91.